The highest BCUT2D eigenvalue weighted by Gasteiger charge is 2.10. The Morgan fingerprint density at radius 1 is 1.53 bits per heavy atom. The van der Waals surface area contributed by atoms with E-state index in [0.717, 1.165) is 28.8 Å². The van der Waals surface area contributed by atoms with Gasteiger partial charge in [-0.3, -0.25) is 9.67 Å². The van der Waals surface area contributed by atoms with E-state index in [9.17, 15) is 0 Å². The van der Waals surface area contributed by atoms with Crippen LogP contribution in [0.4, 0.5) is 0 Å². The lowest BCUT2D eigenvalue weighted by Crippen LogP contribution is -2.02. The van der Waals surface area contributed by atoms with Crippen LogP contribution in [0.3, 0.4) is 0 Å². The van der Waals surface area contributed by atoms with Crippen LogP contribution >= 0.6 is 39.7 Å². The average Bonchev–Trinajstić information content (AvgIpc) is 2.62. The van der Waals surface area contributed by atoms with Crippen molar-refractivity contribution in [2.24, 2.45) is 0 Å². The summed E-state index contributed by atoms with van der Waals surface area (Å²) in [5.41, 5.74) is 0.858. The van der Waals surface area contributed by atoms with E-state index < -0.39 is 0 Å². The molecule has 1 aromatic heterocycles. The van der Waals surface area contributed by atoms with Gasteiger partial charge in [0.15, 0.2) is 4.77 Å². The zero-order valence-electron chi connectivity index (χ0n) is 9.20. The van der Waals surface area contributed by atoms with Crippen LogP contribution in [0.15, 0.2) is 22.7 Å². The van der Waals surface area contributed by atoms with E-state index in [4.69, 9.17) is 23.8 Å². The van der Waals surface area contributed by atoms with E-state index in [1.807, 2.05) is 22.8 Å². The molecule has 0 aliphatic carbocycles. The lowest BCUT2D eigenvalue weighted by atomic mass is 10.3. The zero-order valence-corrected chi connectivity index (χ0v) is 12.4. The van der Waals surface area contributed by atoms with Crippen molar-refractivity contribution in [3.05, 3.63) is 38.3 Å². The minimum atomic E-state index is 0.567. The number of aryl methyl sites for hydroxylation is 1. The summed E-state index contributed by atoms with van der Waals surface area (Å²) in [5, 5.41) is 7.68. The van der Waals surface area contributed by atoms with Crippen LogP contribution in [-0.4, -0.2) is 14.8 Å². The fraction of sp³-hybridized carbons (Fsp3) is 0.273. The van der Waals surface area contributed by atoms with E-state index >= 15 is 0 Å². The molecular weight excluding hydrogens is 322 g/mol. The van der Waals surface area contributed by atoms with Gasteiger partial charge in [-0.1, -0.05) is 34.5 Å². The number of H-pyrrole nitrogens is 1. The van der Waals surface area contributed by atoms with Gasteiger partial charge in [0.05, 0.1) is 10.7 Å². The maximum atomic E-state index is 6.23. The Morgan fingerprint density at radius 2 is 2.29 bits per heavy atom. The molecule has 1 aromatic carbocycles. The van der Waals surface area contributed by atoms with Crippen molar-refractivity contribution in [3.63, 3.8) is 0 Å². The SMILES string of the molecule is CCCc1n[nH]c(=S)n1-c1ccc(Br)cc1Cl. The second kappa shape index (κ2) is 5.33. The summed E-state index contributed by atoms with van der Waals surface area (Å²) < 4.78 is 3.39. The molecule has 0 radical (unpaired) electrons. The topological polar surface area (TPSA) is 33.6 Å². The lowest BCUT2D eigenvalue weighted by molar-refractivity contribution is 0.801. The molecule has 0 amide bonds. The molecule has 0 spiro atoms. The fourth-order valence-electron chi connectivity index (χ4n) is 1.63. The minimum absolute atomic E-state index is 0.567. The Balaban J connectivity index is 2.59. The molecular formula is C11H11BrClN3S. The van der Waals surface area contributed by atoms with E-state index in [1.165, 1.54) is 0 Å². The maximum Gasteiger partial charge on any atom is 0.199 e. The smallest absolute Gasteiger partial charge is 0.199 e. The number of hydrogen-bond donors (Lipinski definition) is 1. The largest absolute Gasteiger partial charge is 0.271 e. The number of benzene rings is 1. The minimum Gasteiger partial charge on any atom is -0.271 e. The summed E-state index contributed by atoms with van der Waals surface area (Å²) in [4.78, 5) is 0. The van der Waals surface area contributed by atoms with Crippen molar-refractivity contribution in [2.45, 2.75) is 19.8 Å². The summed E-state index contributed by atoms with van der Waals surface area (Å²) in [5.74, 6) is 0.904. The predicted molar refractivity (Wildman–Crippen MR) is 75.5 cm³/mol. The first-order valence-electron chi connectivity index (χ1n) is 5.25. The molecule has 0 saturated carbocycles. The second-order valence-corrected chi connectivity index (χ2v) is 5.34. The molecule has 3 nitrogen and oxygen atoms in total. The van der Waals surface area contributed by atoms with E-state index in [-0.39, 0.29) is 0 Å². The van der Waals surface area contributed by atoms with Gasteiger partial charge >= 0.3 is 0 Å². The van der Waals surface area contributed by atoms with E-state index in [0.29, 0.717) is 9.79 Å². The van der Waals surface area contributed by atoms with Crippen molar-refractivity contribution < 1.29 is 0 Å². The van der Waals surface area contributed by atoms with Crippen LogP contribution in [-0.2, 0) is 6.42 Å². The molecule has 0 aliphatic heterocycles. The summed E-state index contributed by atoms with van der Waals surface area (Å²) in [6, 6.07) is 5.71. The first kappa shape index (κ1) is 12.8. The summed E-state index contributed by atoms with van der Waals surface area (Å²) in [7, 11) is 0. The molecule has 1 N–H and O–H groups in total. The van der Waals surface area contributed by atoms with Crippen molar-refractivity contribution in [1.29, 1.82) is 0 Å². The Bertz CT molecular complexity index is 591. The van der Waals surface area contributed by atoms with Crippen LogP contribution in [0.1, 0.15) is 19.2 Å². The number of aromatic nitrogens is 3. The molecule has 0 unspecified atom stereocenters. The molecule has 1 heterocycles. The molecule has 90 valence electrons. The number of rotatable bonds is 3. The van der Waals surface area contributed by atoms with E-state index in [1.54, 1.807) is 0 Å². The average molecular weight is 333 g/mol. The second-order valence-electron chi connectivity index (χ2n) is 3.63. The van der Waals surface area contributed by atoms with Gasteiger partial charge in [0.2, 0.25) is 0 Å². The van der Waals surface area contributed by atoms with Crippen molar-refractivity contribution >= 4 is 39.7 Å². The highest BCUT2D eigenvalue weighted by Crippen LogP contribution is 2.25. The molecule has 0 fully saturated rings. The molecule has 0 aliphatic rings. The normalized spacial score (nSPS) is 10.8. The maximum absolute atomic E-state index is 6.23. The Kier molecular flexibility index (Phi) is 4.01. The molecule has 0 bridgehead atoms. The first-order chi connectivity index (χ1) is 8.13. The number of nitrogens with one attached hydrogen (secondary N) is 1. The van der Waals surface area contributed by atoms with Crippen LogP contribution in [0.25, 0.3) is 5.69 Å². The summed E-state index contributed by atoms with van der Waals surface area (Å²) in [6.45, 7) is 2.10. The van der Waals surface area contributed by atoms with E-state index in [2.05, 4.69) is 33.1 Å². The van der Waals surface area contributed by atoms with Crippen LogP contribution in [0, 0.1) is 4.77 Å². The van der Waals surface area contributed by atoms with Crippen LogP contribution in [0.2, 0.25) is 5.02 Å². The van der Waals surface area contributed by atoms with Gasteiger partial charge < -0.3 is 0 Å². The van der Waals surface area contributed by atoms with Crippen LogP contribution in [0.5, 0.6) is 0 Å². The summed E-state index contributed by atoms with van der Waals surface area (Å²) >= 11 is 14.8. The predicted octanol–water partition coefficient (Wildman–Crippen LogP) is 4.30. The highest BCUT2D eigenvalue weighted by molar-refractivity contribution is 9.10. The zero-order chi connectivity index (χ0) is 12.4. The van der Waals surface area contributed by atoms with Gasteiger partial charge in [-0.15, -0.1) is 0 Å². The van der Waals surface area contributed by atoms with Crippen LogP contribution < -0.4 is 0 Å². The quantitative estimate of drug-likeness (QED) is 0.850. The number of hydrogen-bond acceptors (Lipinski definition) is 2. The molecule has 0 atom stereocenters. The molecule has 2 rings (SSSR count). The van der Waals surface area contributed by atoms with Gasteiger partial charge in [0, 0.05) is 10.9 Å². The Labute approximate surface area is 118 Å². The van der Waals surface area contributed by atoms with Gasteiger partial charge in [-0.2, -0.15) is 5.10 Å². The third-order valence-electron chi connectivity index (χ3n) is 2.37. The Hall–Kier alpha value is -0.650. The van der Waals surface area contributed by atoms with Gasteiger partial charge in [0.1, 0.15) is 5.82 Å². The standard InChI is InChI=1S/C11H11BrClN3S/c1-2-3-10-14-15-11(17)16(10)9-5-4-7(12)6-8(9)13/h4-6H,2-3H2,1H3,(H,15,17). The first-order valence-corrected chi connectivity index (χ1v) is 6.83. The van der Waals surface area contributed by atoms with Gasteiger partial charge in [0.25, 0.3) is 0 Å². The third kappa shape index (κ3) is 2.61. The third-order valence-corrected chi connectivity index (χ3v) is 3.44. The summed E-state index contributed by atoms with van der Waals surface area (Å²) in [6.07, 6.45) is 1.87. The van der Waals surface area contributed by atoms with Crippen molar-refractivity contribution in [3.8, 4) is 5.69 Å². The number of aromatic amines is 1. The Morgan fingerprint density at radius 3 is 2.94 bits per heavy atom. The van der Waals surface area contributed by atoms with Crippen molar-refractivity contribution in [1.82, 2.24) is 14.8 Å². The number of nitrogens with zero attached hydrogens (tertiary/aromatic N) is 2. The highest BCUT2D eigenvalue weighted by atomic mass is 79.9. The van der Waals surface area contributed by atoms with Crippen molar-refractivity contribution in [2.75, 3.05) is 0 Å². The molecule has 17 heavy (non-hydrogen) atoms. The molecule has 2 aromatic rings. The van der Waals surface area contributed by atoms with Gasteiger partial charge in [-0.05, 0) is 36.8 Å². The number of halogens is 2. The molecule has 0 saturated heterocycles. The van der Waals surface area contributed by atoms with Gasteiger partial charge in [-0.25, -0.2) is 0 Å². The molecule has 6 heteroatoms. The monoisotopic (exact) mass is 331 g/mol. The lowest BCUT2D eigenvalue weighted by Gasteiger charge is -2.08. The fourth-order valence-corrected chi connectivity index (χ4v) is 2.64.